The second-order valence-electron chi connectivity index (χ2n) is 6.25. The Kier molecular flexibility index (Phi) is 4.29. The maximum Gasteiger partial charge on any atom is 0.263 e. The van der Waals surface area contributed by atoms with E-state index < -0.39 is 6.17 Å². The lowest BCUT2D eigenvalue weighted by Crippen LogP contribution is -2.40. The summed E-state index contributed by atoms with van der Waals surface area (Å²) in [6, 6.07) is 1.69. The van der Waals surface area contributed by atoms with Crippen LogP contribution in [0, 0.1) is 0 Å². The van der Waals surface area contributed by atoms with E-state index in [1.165, 1.54) is 0 Å². The van der Waals surface area contributed by atoms with Gasteiger partial charge >= 0.3 is 0 Å². The highest BCUT2D eigenvalue weighted by molar-refractivity contribution is 5.94. The molecule has 120 valence electrons. The molecule has 0 saturated carbocycles. The fourth-order valence-corrected chi connectivity index (χ4v) is 3.39. The van der Waals surface area contributed by atoms with E-state index in [1.54, 1.807) is 17.7 Å². The van der Waals surface area contributed by atoms with Crippen molar-refractivity contribution < 1.29 is 9.18 Å². The Morgan fingerprint density at radius 2 is 2.23 bits per heavy atom. The molecule has 2 heterocycles. The van der Waals surface area contributed by atoms with E-state index in [9.17, 15) is 14.0 Å². The van der Waals surface area contributed by atoms with Crippen molar-refractivity contribution in [2.45, 2.75) is 44.3 Å². The zero-order chi connectivity index (χ0) is 15.7. The summed E-state index contributed by atoms with van der Waals surface area (Å²) in [5.74, 6) is -0.363. The van der Waals surface area contributed by atoms with Gasteiger partial charge in [-0.3, -0.25) is 9.59 Å². The van der Waals surface area contributed by atoms with Crippen LogP contribution in [0.1, 0.15) is 40.9 Å². The molecule has 1 aliphatic heterocycles. The number of pyridine rings is 1. The van der Waals surface area contributed by atoms with Crippen LogP contribution in [0.15, 0.2) is 10.9 Å². The summed E-state index contributed by atoms with van der Waals surface area (Å²) < 4.78 is 14.7. The van der Waals surface area contributed by atoms with Gasteiger partial charge in [-0.1, -0.05) is 0 Å². The Hall–Kier alpha value is -1.69. The third-order valence-corrected chi connectivity index (χ3v) is 4.66. The first-order valence-corrected chi connectivity index (χ1v) is 7.93. The predicted molar refractivity (Wildman–Crippen MR) is 82.0 cm³/mol. The molecule has 1 aromatic heterocycles. The van der Waals surface area contributed by atoms with Crippen LogP contribution in [0.2, 0.25) is 0 Å². The average molecular weight is 307 g/mol. The van der Waals surface area contributed by atoms with Crippen molar-refractivity contribution in [2.24, 2.45) is 7.05 Å². The van der Waals surface area contributed by atoms with Crippen molar-refractivity contribution in [3.8, 4) is 0 Å². The van der Waals surface area contributed by atoms with Gasteiger partial charge < -0.3 is 15.2 Å². The number of aromatic nitrogens is 1. The van der Waals surface area contributed by atoms with Crippen LogP contribution < -0.4 is 16.2 Å². The zero-order valence-electron chi connectivity index (χ0n) is 12.8. The average Bonchev–Trinajstić information content (AvgIpc) is 2.94. The van der Waals surface area contributed by atoms with Gasteiger partial charge in [0.2, 0.25) is 0 Å². The summed E-state index contributed by atoms with van der Waals surface area (Å²) in [4.78, 5) is 24.7. The van der Waals surface area contributed by atoms with Crippen molar-refractivity contribution in [1.29, 1.82) is 0 Å². The van der Waals surface area contributed by atoms with Gasteiger partial charge in [-0.15, -0.1) is 0 Å². The van der Waals surface area contributed by atoms with E-state index in [1.807, 2.05) is 0 Å². The number of rotatable bonds is 3. The SMILES string of the molecule is Cn1c2c(cc(C(=O)NCC3CC(F)CN3)c1=O)CCCC2. The van der Waals surface area contributed by atoms with Crippen molar-refractivity contribution >= 4 is 5.91 Å². The van der Waals surface area contributed by atoms with Crippen molar-refractivity contribution in [2.75, 3.05) is 13.1 Å². The van der Waals surface area contributed by atoms with Gasteiger partial charge in [0.1, 0.15) is 11.7 Å². The standard InChI is InChI=1S/C16H22FN3O2/c1-20-14-5-3-2-4-10(14)6-13(16(20)22)15(21)19-9-12-7-11(17)8-18-12/h6,11-12,18H,2-5,7-9H2,1H3,(H,19,21). The van der Waals surface area contributed by atoms with E-state index in [0.29, 0.717) is 19.5 Å². The quantitative estimate of drug-likeness (QED) is 0.864. The molecule has 1 amide bonds. The molecule has 5 nitrogen and oxygen atoms in total. The van der Waals surface area contributed by atoms with Crippen LogP contribution in [0.3, 0.4) is 0 Å². The number of nitrogens with zero attached hydrogens (tertiary/aromatic N) is 1. The van der Waals surface area contributed by atoms with Crippen LogP contribution in [-0.2, 0) is 19.9 Å². The second-order valence-corrected chi connectivity index (χ2v) is 6.25. The van der Waals surface area contributed by atoms with Gasteiger partial charge in [-0.25, -0.2) is 4.39 Å². The lowest BCUT2D eigenvalue weighted by Gasteiger charge is -2.20. The molecule has 2 unspecified atom stereocenters. The first kappa shape index (κ1) is 15.2. The maximum atomic E-state index is 13.1. The van der Waals surface area contributed by atoms with E-state index in [2.05, 4.69) is 10.6 Å². The summed E-state index contributed by atoms with van der Waals surface area (Å²) in [6.07, 6.45) is 3.55. The molecular weight excluding hydrogens is 285 g/mol. The highest BCUT2D eigenvalue weighted by Gasteiger charge is 2.25. The fraction of sp³-hybridized carbons (Fsp3) is 0.625. The first-order valence-electron chi connectivity index (χ1n) is 7.93. The third kappa shape index (κ3) is 2.92. The first-order chi connectivity index (χ1) is 10.6. The molecule has 1 aromatic rings. The lowest BCUT2D eigenvalue weighted by molar-refractivity contribution is 0.0947. The maximum absolute atomic E-state index is 13.1. The van der Waals surface area contributed by atoms with E-state index >= 15 is 0 Å². The number of halogens is 1. The van der Waals surface area contributed by atoms with Gasteiger partial charge in [-0.2, -0.15) is 0 Å². The number of alkyl halides is 1. The molecule has 1 aliphatic carbocycles. The molecule has 0 bridgehead atoms. The third-order valence-electron chi connectivity index (χ3n) is 4.66. The van der Waals surface area contributed by atoms with E-state index in [-0.39, 0.29) is 23.1 Å². The number of aryl methyl sites for hydroxylation is 1. The molecule has 0 aromatic carbocycles. The molecule has 3 rings (SSSR count). The van der Waals surface area contributed by atoms with Gasteiger partial charge in [0.15, 0.2) is 0 Å². The molecule has 0 radical (unpaired) electrons. The van der Waals surface area contributed by atoms with Crippen LogP contribution in [0.25, 0.3) is 0 Å². The smallest absolute Gasteiger partial charge is 0.263 e. The van der Waals surface area contributed by atoms with Crippen LogP contribution in [0.5, 0.6) is 0 Å². The van der Waals surface area contributed by atoms with Crippen molar-refractivity contribution in [3.05, 3.63) is 33.2 Å². The molecule has 1 fully saturated rings. The molecule has 2 atom stereocenters. The van der Waals surface area contributed by atoms with E-state index in [0.717, 1.165) is 36.9 Å². The van der Waals surface area contributed by atoms with Crippen LogP contribution >= 0.6 is 0 Å². The van der Waals surface area contributed by atoms with Gasteiger partial charge in [-0.05, 0) is 43.7 Å². The Morgan fingerprint density at radius 3 is 2.95 bits per heavy atom. The van der Waals surface area contributed by atoms with E-state index in [4.69, 9.17) is 0 Å². The Morgan fingerprint density at radius 1 is 1.45 bits per heavy atom. The lowest BCUT2D eigenvalue weighted by atomic mass is 9.94. The summed E-state index contributed by atoms with van der Waals surface area (Å²) in [7, 11) is 1.73. The van der Waals surface area contributed by atoms with Crippen LogP contribution in [-0.4, -0.2) is 35.8 Å². The summed E-state index contributed by atoms with van der Waals surface area (Å²) in [6.45, 7) is 0.681. The molecule has 0 spiro atoms. The minimum absolute atomic E-state index is 0.0552. The number of carbonyl (C=O) groups excluding carboxylic acids is 1. The number of fused-ring (bicyclic) bond motifs is 1. The monoisotopic (exact) mass is 307 g/mol. The number of hydrogen-bond donors (Lipinski definition) is 2. The van der Waals surface area contributed by atoms with Crippen molar-refractivity contribution in [1.82, 2.24) is 15.2 Å². The Balaban J connectivity index is 1.75. The number of carbonyl (C=O) groups is 1. The highest BCUT2D eigenvalue weighted by Crippen LogP contribution is 2.20. The number of nitrogens with one attached hydrogen (secondary N) is 2. The number of amides is 1. The Labute approximate surface area is 128 Å². The van der Waals surface area contributed by atoms with Gasteiger partial charge in [0.05, 0.1) is 0 Å². The van der Waals surface area contributed by atoms with Gasteiger partial charge in [0, 0.05) is 31.9 Å². The topological polar surface area (TPSA) is 63.1 Å². The second kappa shape index (κ2) is 6.20. The fourth-order valence-electron chi connectivity index (χ4n) is 3.39. The molecule has 2 N–H and O–H groups in total. The van der Waals surface area contributed by atoms with Crippen LogP contribution in [0.4, 0.5) is 4.39 Å². The molecule has 6 heteroatoms. The minimum Gasteiger partial charge on any atom is -0.350 e. The normalized spacial score (nSPS) is 24.1. The van der Waals surface area contributed by atoms with Gasteiger partial charge in [0.25, 0.3) is 11.5 Å². The molecular formula is C16H22FN3O2. The molecule has 1 saturated heterocycles. The molecule has 22 heavy (non-hydrogen) atoms. The predicted octanol–water partition coefficient (Wildman–Crippen LogP) is 0.694. The summed E-state index contributed by atoms with van der Waals surface area (Å²) >= 11 is 0. The largest absolute Gasteiger partial charge is 0.350 e. The number of hydrogen-bond acceptors (Lipinski definition) is 3. The zero-order valence-corrected chi connectivity index (χ0v) is 12.8. The summed E-state index contributed by atoms with van der Waals surface area (Å²) in [5, 5.41) is 5.77. The highest BCUT2D eigenvalue weighted by atomic mass is 19.1. The minimum atomic E-state index is -0.849. The van der Waals surface area contributed by atoms with Crippen molar-refractivity contribution in [3.63, 3.8) is 0 Å². The summed E-state index contributed by atoms with van der Waals surface area (Å²) in [5.41, 5.74) is 2.09. The molecule has 2 aliphatic rings. The Bertz CT molecular complexity index is 641.